The van der Waals surface area contributed by atoms with E-state index >= 15 is 0 Å². The van der Waals surface area contributed by atoms with Crippen LogP contribution in [0.2, 0.25) is 0 Å². The van der Waals surface area contributed by atoms with Gasteiger partial charge < -0.3 is 10.1 Å². The zero-order valence-electron chi connectivity index (χ0n) is 13.4. The Balaban J connectivity index is 1.71. The topological polar surface area (TPSA) is 81.4 Å². The molecule has 0 saturated carbocycles. The van der Waals surface area contributed by atoms with Crippen molar-refractivity contribution in [2.45, 2.75) is 13.5 Å². The van der Waals surface area contributed by atoms with Gasteiger partial charge >= 0.3 is 0 Å². The minimum Gasteiger partial charge on any atom is -0.480 e. The van der Waals surface area contributed by atoms with Crippen LogP contribution in [0.4, 0.5) is 0 Å². The van der Waals surface area contributed by atoms with Crippen molar-refractivity contribution in [1.82, 2.24) is 25.1 Å². The molecule has 3 aromatic rings. The van der Waals surface area contributed by atoms with Crippen molar-refractivity contribution >= 4 is 17.6 Å². The lowest BCUT2D eigenvalue weighted by atomic mass is 10.1. The van der Waals surface area contributed by atoms with E-state index < -0.39 is 0 Å². The molecule has 0 saturated heterocycles. The lowest BCUT2D eigenvalue weighted by Gasteiger charge is -2.05. The fourth-order valence-electron chi connectivity index (χ4n) is 2.20. The first-order valence-corrected chi connectivity index (χ1v) is 7.44. The molecule has 7 heteroatoms. The van der Waals surface area contributed by atoms with Gasteiger partial charge in [-0.3, -0.25) is 4.79 Å². The van der Waals surface area contributed by atoms with Crippen molar-refractivity contribution in [1.29, 1.82) is 0 Å². The average Bonchev–Trinajstić information content (AvgIpc) is 3.02. The van der Waals surface area contributed by atoms with Crippen molar-refractivity contribution < 1.29 is 9.53 Å². The summed E-state index contributed by atoms with van der Waals surface area (Å²) in [6, 6.07) is 13.1. The van der Waals surface area contributed by atoms with Crippen LogP contribution < -0.4 is 10.1 Å². The smallest absolute Gasteiger partial charge is 0.247 e. The highest BCUT2D eigenvalue weighted by atomic mass is 16.5. The van der Waals surface area contributed by atoms with E-state index in [4.69, 9.17) is 4.74 Å². The van der Waals surface area contributed by atoms with E-state index in [0.29, 0.717) is 22.9 Å². The summed E-state index contributed by atoms with van der Waals surface area (Å²) in [7, 11) is 1.54. The maximum atomic E-state index is 12.2. The van der Waals surface area contributed by atoms with Crippen LogP contribution in [-0.4, -0.2) is 32.8 Å². The minimum absolute atomic E-state index is 0.168. The largest absolute Gasteiger partial charge is 0.480 e. The third-order valence-corrected chi connectivity index (χ3v) is 3.46. The molecule has 0 atom stereocenters. The quantitative estimate of drug-likeness (QED) is 0.725. The third-order valence-electron chi connectivity index (χ3n) is 3.46. The van der Waals surface area contributed by atoms with Crippen LogP contribution in [0, 0.1) is 0 Å². The van der Waals surface area contributed by atoms with Gasteiger partial charge in [0, 0.05) is 11.6 Å². The number of aromatic nitrogens is 4. The van der Waals surface area contributed by atoms with Crippen molar-refractivity contribution in [3.05, 3.63) is 59.4 Å². The Kier molecular flexibility index (Phi) is 4.51. The number of nitrogens with zero attached hydrogens (tertiary/aromatic N) is 4. The summed E-state index contributed by atoms with van der Waals surface area (Å²) in [6.45, 7) is 1.99. The zero-order chi connectivity index (χ0) is 16.9. The summed E-state index contributed by atoms with van der Waals surface area (Å²) in [5.41, 5.74) is 2.18. The van der Waals surface area contributed by atoms with Crippen molar-refractivity contribution in [2.24, 2.45) is 0 Å². The van der Waals surface area contributed by atoms with E-state index in [1.807, 2.05) is 36.4 Å². The van der Waals surface area contributed by atoms with Gasteiger partial charge in [0.2, 0.25) is 11.8 Å². The van der Waals surface area contributed by atoms with E-state index in [1.165, 1.54) is 7.11 Å². The summed E-state index contributed by atoms with van der Waals surface area (Å²) < 4.78 is 6.64. The summed E-state index contributed by atoms with van der Waals surface area (Å²) >= 11 is 0. The molecule has 0 aliphatic heterocycles. The highest BCUT2D eigenvalue weighted by Gasteiger charge is 2.10. The summed E-state index contributed by atoms with van der Waals surface area (Å²) in [4.78, 5) is 12.2. The van der Waals surface area contributed by atoms with Gasteiger partial charge in [-0.15, -0.1) is 15.3 Å². The summed E-state index contributed by atoms with van der Waals surface area (Å²) in [5.74, 6) is 0.818. The van der Waals surface area contributed by atoms with E-state index in [0.717, 1.165) is 5.56 Å². The Morgan fingerprint density at radius 3 is 2.75 bits per heavy atom. The van der Waals surface area contributed by atoms with Gasteiger partial charge in [0.1, 0.15) is 0 Å². The number of rotatable bonds is 5. The van der Waals surface area contributed by atoms with E-state index in [-0.39, 0.29) is 12.5 Å². The van der Waals surface area contributed by atoms with Crippen LogP contribution in [0.5, 0.6) is 5.88 Å². The lowest BCUT2D eigenvalue weighted by Crippen LogP contribution is -2.24. The van der Waals surface area contributed by atoms with Gasteiger partial charge in [-0.05, 0) is 24.6 Å². The van der Waals surface area contributed by atoms with E-state index in [2.05, 4.69) is 20.6 Å². The van der Waals surface area contributed by atoms with Gasteiger partial charge in [0.15, 0.2) is 11.5 Å². The van der Waals surface area contributed by atoms with Crippen molar-refractivity contribution in [3.8, 4) is 5.88 Å². The SMILES string of the molecule is COc1ccc2nnc(CNC(=O)/C(C)=C/c3ccccc3)n2n1. The highest BCUT2D eigenvalue weighted by Crippen LogP contribution is 2.09. The fraction of sp³-hybridized carbons (Fsp3) is 0.176. The first kappa shape index (κ1) is 15.7. The molecule has 1 aromatic carbocycles. The molecule has 0 fully saturated rings. The van der Waals surface area contributed by atoms with Gasteiger partial charge in [0.25, 0.3) is 0 Å². The molecule has 0 spiro atoms. The minimum atomic E-state index is -0.168. The standard InChI is InChI=1S/C17H17N5O2/c1-12(10-13-6-4-3-5-7-13)17(23)18-11-15-20-19-14-8-9-16(24-2)21-22(14)15/h3-10H,11H2,1-2H3,(H,18,23)/b12-10+. The number of carbonyl (C=O) groups is 1. The number of fused-ring (bicyclic) bond motifs is 1. The van der Waals surface area contributed by atoms with Gasteiger partial charge in [0.05, 0.1) is 13.7 Å². The molecule has 7 nitrogen and oxygen atoms in total. The molecule has 1 amide bonds. The molecule has 0 aliphatic rings. The number of nitrogens with one attached hydrogen (secondary N) is 1. The second-order valence-electron chi connectivity index (χ2n) is 5.18. The predicted octanol–water partition coefficient (Wildman–Crippen LogP) is 1.85. The average molecular weight is 323 g/mol. The maximum Gasteiger partial charge on any atom is 0.247 e. The van der Waals surface area contributed by atoms with Crippen molar-refractivity contribution in [2.75, 3.05) is 7.11 Å². The molecule has 3 rings (SSSR count). The molecule has 2 aromatic heterocycles. The molecule has 2 heterocycles. The number of amides is 1. The normalized spacial score (nSPS) is 11.5. The molecule has 0 aliphatic carbocycles. The molecule has 1 N–H and O–H groups in total. The second kappa shape index (κ2) is 6.91. The Labute approximate surface area is 139 Å². The third kappa shape index (κ3) is 3.40. The maximum absolute atomic E-state index is 12.2. The monoisotopic (exact) mass is 323 g/mol. The van der Waals surface area contributed by atoms with Crippen LogP contribution in [-0.2, 0) is 11.3 Å². The van der Waals surface area contributed by atoms with Crippen LogP contribution in [0.15, 0.2) is 48.0 Å². The number of hydrogen-bond acceptors (Lipinski definition) is 5. The second-order valence-corrected chi connectivity index (χ2v) is 5.18. The lowest BCUT2D eigenvalue weighted by molar-refractivity contribution is -0.117. The van der Waals surface area contributed by atoms with Crippen molar-refractivity contribution in [3.63, 3.8) is 0 Å². The van der Waals surface area contributed by atoms with Crippen LogP contribution >= 0.6 is 0 Å². The van der Waals surface area contributed by atoms with Crippen LogP contribution in [0.1, 0.15) is 18.3 Å². The number of hydrogen-bond donors (Lipinski definition) is 1. The molecule has 24 heavy (non-hydrogen) atoms. The molecule has 122 valence electrons. The molecule has 0 unspecified atom stereocenters. The molecule has 0 radical (unpaired) electrons. The number of carbonyl (C=O) groups excluding carboxylic acids is 1. The molecular formula is C17H17N5O2. The predicted molar refractivity (Wildman–Crippen MR) is 89.3 cm³/mol. The first-order valence-electron chi connectivity index (χ1n) is 7.44. The van der Waals surface area contributed by atoms with E-state index in [9.17, 15) is 4.79 Å². The Morgan fingerprint density at radius 2 is 2.00 bits per heavy atom. The highest BCUT2D eigenvalue weighted by molar-refractivity contribution is 5.97. The number of benzene rings is 1. The Hall–Kier alpha value is -3.22. The number of ether oxygens (including phenoxy) is 1. The van der Waals surface area contributed by atoms with Gasteiger partial charge in [-0.2, -0.15) is 4.52 Å². The Bertz CT molecular complexity index is 886. The van der Waals surface area contributed by atoms with Gasteiger partial charge in [-0.25, -0.2) is 0 Å². The van der Waals surface area contributed by atoms with Crippen LogP contribution in [0.25, 0.3) is 11.7 Å². The molecule has 0 bridgehead atoms. The number of methoxy groups -OCH3 is 1. The van der Waals surface area contributed by atoms with Gasteiger partial charge in [-0.1, -0.05) is 30.3 Å². The fourth-order valence-corrected chi connectivity index (χ4v) is 2.20. The summed E-state index contributed by atoms with van der Waals surface area (Å²) in [5, 5.41) is 15.1. The molecular weight excluding hydrogens is 306 g/mol. The van der Waals surface area contributed by atoms with Crippen LogP contribution in [0.3, 0.4) is 0 Å². The van der Waals surface area contributed by atoms with E-state index in [1.54, 1.807) is 23.6 Å². The first-order chi connectivity index (χ1) is 11.7. The summed E-state index contributed by atoms with van der Waals surface area (Å²) in [6.07, 6.45) is 1.83. The Morgan fingerprint density at radius 1 is 1.21 bits per heavy atom. The zero-order valence-corrected chi connectivity index (χ0v) is 13.4.